The van der Waals surface area contributed by atoms with Gasteiger partial charge < -0.3 is 35.0 Å². The zero-order valence-corrected chi connectivity index (χ0v) is 9.13. The van der Waals surface area contributed by atoms with Crippen LogP contribution in [-0.4, -0.2) is 74.9 Å². The molecular formula is C9H16O8. The van der Waals surface area contributed by atoms with E-state index in [2.05, 4.69) is 0 Å². The molecule has 6 unspecified atom stereocenters. The largest absolute Gasteiger partial charge is 0.479 e. The number of rotatable bonds is 4. The molecule has 0 bridgehead atoms. The summed E-state index contributed by atoms with van der Waals surface area (Å²) in [6, 6.07) is 0. The van der Waals surface area contributed by atoms with Crippen LogP contribution in [-0.2, 0) is 14.3 Å². The normalized spacial score (nSPS) is 39.9. The Morgan fingerprint density at radius 2 is 1.88 bits per heavy atom. The van der Waals surface area contributed by atoms with E-state index < -0.39 is 42.8 Å². The lowest BCUT2D eigenvalue weighted by Crippen LogP contribution is -2.60. The molecule has 1 fully saturated rings. The Morgan fingerprint density at radius 1 is 1.29 bits per heavy atom. The topological polar surface area (TPSA) is 137 Å². The van der Waals surface area contributed by atoms with Gasteiger partial charge in [0.15, 0.2) is 12.4 Å². The Hall–Kier alpha value is -0.770. The summed E-state index contributed by atoms with van der Waals surface area (Å²) in [7, 11) is 0. The maximum absolute atomic E-state index is 10.7. The van der Waals surface area contributed by atoms with Gasteiger partial charge in [-0.15, -0.1) is 0 Å². The Morgan fingerprint density at radius 3 is 2.35 bits per heavy atom. The van der Waals surface area contributed by atoms with E-state index in [1.165, 1.54) is 6.92 Å². The van der Waals surface area contributed by atoms with Gasteiger partial charge in [0.1, 0.15) is 18.3 Å². The molecule has 1 aliphatic heterocycles. The lowest BCUT2D eigenvalue weighted by Gasteiger charge is -2.38. The number of hydrogen-bond acceptors (Lipinski definition) is 7. The molecule has 5 N–H and O–H groups in total. The molecule has 8 nitrogen and oxygen atoms in total. The van der Waals surface area contributed by atoms with Crippen molar-refractivity contribution >= 4 is 5.97 Å². The molecule has 0 aromatic carbocycles. The number of aliphatic carboxylic acids is 1. The Bertz CT molecular complexity index is 268. The van der Waals surface area contributed by atoms with Crippen molar-refractivity contribution in [1.29, 1.82) is 0 Å². The highest BCUT2D eigenvalue weighted by Crippen LogP contribution is 2.22. The maximum atomic E-state index is 10.7. The van der Waals surface area contributed by atoms with Gasteiger partial charge in [-0.3, -0.25) is 0 Å². The van der Waals surface area contributed by atoms with E-state index in [0.29, 0.717) is 0 Å². The fourth-order valence-electron chi connectivity index (χ4n) is 1.42. The molecule has 17 heavy (non-hydrogen) atoms. The quantitative estimate of drug-likeness (QED) is 0.364. The average Bonchev–Trinajstić information content (AvgIpc) is 2.24. The minimum Gasteiger partial charge on any atom is -0.479 e. The summed E-state index contributed by atoms with van der Waals surface area (Å²) in [4.78, 5) is 10.7. The van der Waals surface area contributed by atoms with Gasteiger partial charge in [-0.25, -0.2) is 4.79 Å². The summed E-state index contributed by atoms with van der Waals surface area (Å²) >= 11 is 0. The molecule has 1 aliphatic rings. The third-order valence-electron chi connectivity index (χ3n) is 2.31. The standard InChI is InChI=1S/C9H16O8/c1-3(10)2-16-9-6(13)4(11)5(12)7(17-9)8(14)15/h3-7,9-13H,2H2,1H3,(H,14,15). The number of carboxylic acid groups (broad SMARTS) is 1. The van der Waals surface area contributed by atoms with Gasteiger partial charge in [0.2, 0.25) is 0 Å². The lowest BCUT2D eigenvalue weighted by atomic mass is 9.99. The van der Waals surface area contributed by atoms with Crippen LogP contribution >= 0.6 is 0 Å². The minimum atomic E-state index is -1.74. The summed E-state index contributed by atoms with van der Waals surface area (Å²) in [6.45, 7) is 1.23. The highest BCUT2D eigenvalue weighted by molar-refractivity contribution is 5.73. The van der Waals surface area contributed by atoms with Crippen molar-refractivity contribution in [2.75, 3.05) is 6.61 Å². The van der Waals surface area contributed by atoms with Crippen molar-refractivity contribution in [3.63, 3.8) is 0 Å². The highest BCUT2D eigenvalue weighted by Gasteiger charge is 2.47. The Labute approximate surface area is 97.0 Å². The summed E-state index contributed by atoms with van der Waals surface area (Å²) in [5.41, 5.74) is 0. The molecular weight excluding hydrogens is 236 g/mol. The van der Waals surface area contributed by atoms with Gasteiger partial charge in [-0.2, -0.15) is 0 Å². The Kier molecular flexibility index (Phi) is 4.80. The number of carboxylic acids is 1. The van der Waals surface area contributed by atoms with Gasteiger partial charge in [-0.05, 0) is 6.92 Å². The van der Waals surface area contributed by atoms with E-state index in [9.17, 15) is 20.1 Å². The van der Waals surface area contributed by atoms with Crippen LogP contribution in [0.5, 0.6) is 0 Å². The first-order chi connectivity index (χ1) is 7.84. The second-order valence-electron chi connectivity index (χ2n) is 3.92. The molecule has 6 atom stereocenters. The molecule has 1 heterocycles. The SMILES string of the molecule is CC(O)COC1OC(C(=O)O)C(O)C(O)C1O. The minimum absolute atomic E-state index is 0.198. The van der Waals surface area contributed by atoms with Gasteiger partial charge in [0.05, 0.1) is 12.7 Å². The summed E-state index contributed by atoms with van der Waals surface area (Å²) in [5, 5.41) is 46.0. The van der Waals surface area contributed by atoms with Crippen molar-refractivity contribution in [3.05, 3.63) is 0 Å². The highest BCUT2D eigenvalue weighted by atomic mass is 16.7. The zero-order chi connectivity index (χ0) is 13.2. The smallest absolute Gasteiger partial charge is 0.335 e. The number of aliphatic hydroxyl groups is 4. The van der Waals surface area contributed by atoms with Crippen molar-refractivity contribution in [3.8, 4) is 0 Å². The lowest BCUT2D eigenvalue weighted by molar-refractivity contribution is -0.297. The maximum Gasteiger partial charge on any atom is 0.335 e. The molecule has 0 saturated carbocycles. The predicted octanol–water partition coefficient (Wildman–Crippen LogP) is -2.72. The molecule has 0 spiro atoms. The van der Waals surface area contributed by atoms with E-state index in [-0.39, 0.29) is 6.61 Å². The molecule has 0 aromatic rings. The molecule has 0 aromatic heterocycles. The van der Waals surface area contributed by atoms with Crippen LogP contribution in [0.1, 0.15) is 6.92 Å². The molecule has 1 rings (SSSR count). The van der Waals surface area contributed by atoms with E-state index in [1.54, 1.807) is 0 Å². The fourth-order valence-corrected chi connectivity index (χ4v) is 1.42. The van der Waals surface area contributed by atoms with Gasteiger partial charge in [-0.1, -0.05) is 0 Å². The van der Waals surface area contributed by atoms with Crippen LogP contribution in [0.4, 0.5) is 0 Å². The van der Waals surface area contributed by atoms with Gasteiger partial charge in [0, 0.05) is 0 Å². The van der Waals surface area contributed by atoms with Gasteiger partial charge in [0.25, 0.3) is 0 Å². The van der Waals surface area contributed by atoms with Crippen LogP contribution in [0.15, 0.2) is 0 Å². The molecule has 1 saturated heterocycles. The Balaban J connectivity index is 2.68. The van der Waals surface area contributed by atoms with E-state index >= 15 is 0 Å². The van der Waals surface area contributed by atoms with E-state index in [1.807, 2.05) is 0 Å². The predicted molar refractivity (Wildman–Crippen MR) is 52.0 cm³/mol. The van der Waals surface area contributed by atoms with E-state index in [0.717, 1.165) is 0 Å². The first kappa shape index (κ1) is 14.3. The van der Waals surface area contributed by atoms with Crippen molar-refractivity contribution in [1.82, 2.24) is 0 Å². The van der Waals surface area contributed by atoms with E-state index in [4.69, 9.17) is 19.7 Å². The monoisotopic (exact) mass is 252 g/mol. The zero-order valence-electron chi connectivity index (χ0n) is 9.13. The number of carbonyl (C=O) groups is 1. The first-order valence-electron chi connectivity index (χ1n) is 5.06. The number of hydrogen-bond donors (Lipinski definition) is 5. The van der Waals surface area contributed by atoms with Crippen LogP contribution in [0.25, 0.3) is 0 Å². The van der Waals surface area contributed by atoms with Crippen molar-refractivity contribution < 1.29 is 39.8 Å². The second kappa shape index (κ2) is 5.71. The third-order valence-corrected chi connectivity index (χ3v) is 2.31. The molecule has 0 amide bonds. The van der Waals surface area contributed by atoms with Crippen LogP contribution in [0, 0.1) is 0 Å². The summed E-state index contributed by atoms with van der Waals surface area (Å²) < 4.78 is 9.70. The van der Waals surface area contributed by atoms with Crippen LogP contribution in [0.2, 0.25) is 0 Å². The average molecular weight is 252 g/mol. The fraction of sp³-hybridized carbons (Fsp3) is 0.889. The van der Waals surface area contributed by atoms with Crippen LogP contribution < -0.4 is 0 Å². The van der Waals surface area contributed by atoms with Crippen molar-refractivity contribution in [2.45, 2.75) is 43.7 Å². The molecule has 0 radical (unpaired) electrons. The molecule has 8 heteroatoms. The molecule has 0 aliphatic carbocycles. The second-order valence-corrected chi connectivity index (χ2v) is 3.92. The number of aliphatic hydroxyl groups excluding tert-OH is 4. The van der Waals surface area contributed by atoms with Gasteiger partial charge >= 0.3 is 5.97 Å². The van der Waals surface area contributed by atoms with Crippen LogP contribution in [0.3, 0.4) is 0 Å². The van der Waals surface area contributed by atoms with Crippen molar-refractivity contribution in [2.24, 2.45) is 0 Å². The first-order valence-corrected chi connectivity index (χ1v) is 5.06. The molecule has 100 valence electrons. The summed E-state index contributed by atoms with van der Waals surface area (Å²) in [6.07, 6.45) is -8.95. The number of ether oxygens (including phenoxy) is 2. The third kappa shape index (κ3) is 3.35. The summed E-state index contributed by atoms with van der Waals surface area (Å²) in [5.74, 6) is -1.48.